The molecule has 0 bridgehead atoms. The van der Waals surface area contributed by atoms with Crippen molar-refractivity contribution < 1.29 is 14.3 Å². The average molecular weight is 257 g/mol. The van der Waals surface area contributed by atoms with Crippen molar-refractivity contribution in [1.29, 1.82) is 0 Å². The molecule has 0 saturated carbocycles. The zero-order valence-electron chi connectivity index (χ0n) is 10.6. The van der Waals surface area contributed by atoms with Crippen molar-refractivity contribution in [2.24, 2.45) is 0 Å². The summed E-state index contributed by atoms with van der Waals surface area (Å²) in [6, 6.07) is 11.2. The summed E-state index contributed by atoms with van der Waals surface area (Å²) >= 11 is 0. The summed E-state index contributed by atoms with van der Waals surface area (Å²) in [7, 11) is 0. The lowest BCUT2D eigenvalue weighted by Gasteiger charge is -2.47. The molecular formula is C15H15NO3. The second-order valence-electron chi connectivity index (χ2n) is 4.78. The van der Waals surface area contributed by atoms with E-state index in [0.717, 1.165) is 11.1 Å². The molecule has 1 fully saturated rings. The van der Waals surface area contributed by atoms with Crippen molar-refractivity contribution in [3.8, 4) is 0 Å². The molecule has 98 valence electrons. The van der Waals surface area contributed by atoms with Crippen LogP contribution in [0.25, 0.3) is 0 Å². The summed E-state index contributed by atoms with van der Waals surface area (Å²) in [5.74, 6) is -0.234. The lowest BCUT2D eigenvalue weighted by molar-refractivity contribution is -0.172. The van der Waals surface area contributed by atoms with Crippen molar-refractivity contribution in [3.63, 3.8) is 0 Å². The number of hydrogen-bond acceptors (Lipinski definition) is 3. The molecule has 1 aliphatic rings. The van der Waals surface area contributed by atoms with Crippen molar-refractivity contribution >= 4 is 5.91 Å². The third-order valence-electron chi connectivity index (χ3n) is 3.69. The van der Waals surface area contributed by atoms with Gasteiger partial charge in [0.25, 0.3) is 5.91 Å². The van der Waals surface area contributed by atoms with E-state index in [0.29, 0.717) is 0 Å². The molecule has 3 rings (SSSR count). The summed E-state index contributed by atoms with van der Waals surface area (Å²) in [6.07, 6.45) is 2.16. The number of β-lactam (4-membered cyclic amide) rings is 1. The van der Waals surface area contributed by atoms with Crippen LogP contribution in [0.15, 0.2) is 53.3 Å². The van der Waals surface area contributed by atoms with Gasteiger partial charge >= 0.3 is 0 Å². The number of rotatable bonds is 3. The second-order valence-corrected chi connectivity index (χ2v) is 4.78. The monoisotopic (exact) mass is 257 g/mol. The van der Waals surface area contributed by atoms with Crippen LogP contribution >= 0.6 is 0 Å². The second kappa shape index (κ2) is 4.55. The highest BCUT2D eigenvalue weighted by Crippen LogP contribution is 2.41. The van der Waals surface area contributed by atoms with Gasteiger partial charge in [-0.1, -0.05) is 30.3 Å². The molecule has 3 atom stereocenters. The van der Waals surface area contributed by atoms with E-state index >= 15 is 0 Å². The SMILES string of the molecule is CC(c1ccccc1)N1C(=O)[C@H](O)[C@@H]1c1ccoc1. The molecular weight excluding hydrogens is 242 g/mol. The minimum Gasteiger partial charge on any atom is -0.472 e. The Morgan fingerprint density at radius 3 is 2.63 bits per heavy atom. The van der Waals surface area contributed by atoms with Crippen molar-refractivity contribution in [2.45, 2.75) is 25.1 Å². The van der Waals surface area contributed by atoms with E-state index in [1.165, 1.54) is 0 Å². The van der Waals surface area contributed by atoms with E-state index in [1.807, 2.05) is 37.3 Å². The summed E-state index contributed by atoms with van der Waals surface area (Å²) < 4.78 is 5.04. The summed E-state index contributed by atoms with van der Waals surface area (Å²) in [4.78, 5) is 13.6. The molecule has 1 aromatic heterocycles. The smallest absolute Gasteiger partial charge is 0.255 e. The Balaban J connectivity index is 1.89. The summed E-state index contributed by atoms with van der Waals surface area (Å²) in [5.41, 5.74) is 1.88. The fourth-order valence-corrected chi connectivity index (χ4v) is 2.60. The van der Waals surface area contributed by atoms with Crippen LogP contribution in [0.2, 0.25) is 0 Å². The van der Waals surface area contributed by atoms with Crippen LogP contribution < -0.4 is 0 Å². The van der Waals surface area contributed by atoms with Gasteiger partial charge in [0.15, 0.2) is 6.10 Å². The summed E-state index contributed by atoms with van der Waals surface area (Å²) in [6.45, 7) is 1.96. The fraction of sp³-hybridized carbons (Fsp3) is 0.267. The predicted molar refractivity (Wildman–Crippen MR) is 69.2 cm³/mol. The van der Waals surface area contributed by atoms with Crippen molar-refractivity contribution in [2.75, 3.05) is 0 Å². The Bertz CT molecular complexity index is 564. The summed E-state index contributed by atoms with van der Waals surface area (Å²) in [5, 5.41) is 9.88. The number of carbonyl (C=O) groups is 1. The molecule has 1 N–H and O–H groups in total. The number of furan rings is 1. The molecule has 1 aliphatic heterocycles. The lowest BCUT2D eigenvalue weighted by Crippen LogP contribution is -2.59. The third-order valence-corrected chi connectivity index (χ3v) is 3.69. The van der Waals surface area contributed by atoms with Gasteiger partial charge in [-0.3, -0.25) is 4.79 Å². The van der Waals surface area contributed by atoms with Gasteiger partial charge in [-0.15, -0.1) is 0 Å². The van der Waals surface area contributed by atoms with Crippen LogP contribution in [0.1, 0.15) is 30.1 Å². The molecule has 2 aromatic rings. The first kappa shape index (κ1) is 12.0. The van der Waals surface area contributed by atoms with Crippen LogP contribution in [0.4, 0.5) is 0 Å². The van der Waals surface area contributed by atoms with E-state index in [1.54, 1.807) is 23.5 Å². The average Bonchev–Trinajstić information content (AvgIpc) is 2.97. The van der Waals surface area contributed by atoms with E-state index in [9.17, 15) is 9.90 Å². The lowest BCUT2D eigenvalue weighted by atomic mass is 9.89. The Hall–Kier alpha value is -2.07. The Morgan fingerprint density at radius 1 is 1.26 bits per heavy atom. The molecule has 1 saturated heterocycles. The molecule has 2 heterocycles. The minimum atomic E-state index is -0.969. The maximum Gasteiger partial charge on any atom is 0.255 e. The van der Waals surface area contributed by atoms with Crippen LogP contribution in [-0.4, -0.2) is 22.0 Å². The third kappa shape index (κ3) is 1.85. The minimum absolute atomic E-state index is 0.0722. The molecule has 1 amide bonds. The molecule has 0 spiro atoms. The van der Waals surface area contributed by atoms with Crippen LogP contribution in [0.5, 0.6) is 0 Å². The first-order chi connectivity index (χ1) is 9.20. The Morgan fingerprint density at radius 2 is 2.00 bits per heavy atom. The number of hydrogen-bond donors (Lipinski definition) is 1. The van der Waals surface area contributed by atoms with Crippen LogP contribution in [0.3, 0.4) is 0 Å². The van der Waals surface area contributed by atoms with Gasteiger partial charge in [-0.05, 0) is 18.6 Å². The predicted octanol–water partition coefficient (Wildman–Crippen LogP) is 2.29. The van der Waals surface area contributed by atoms with Crippen LogP contribution in [0, 0.1) is 0 Å². The zero-order valence-corrected chi connectivity index (χ0v) is 10.6. The normalized spacial score (nSPS) is 24.1. The van der Waals surface area contributed by atoms with E-state index in [2.05, 4.69) is 0 Å². The number of aliphatic hydroxyl groups is 1. The van der Waals surface area contributed by atoms with Gasteiger partial charge in [-0.2, -0.15) is 0 Å². The first-order valence-corrected chi connectivity index (χ1v) is 6.27. The van der Waals surface area contributed by atoms with Gasteiger partial charge in [-0.25, -0.2) is 0 Å². The first-order valence-electron chi connectivity index (χ1n) is 6.27. The van der Waals surface area contributed by atoms with Gasteiger partial charge in [0.05, 0.1) is 24.6 Å². The quantitative estimate of drug-likeness (QED) is 0.858. The fourth-order valence-electron chi connectivity index (χ4n) is 2.60. The molecule has 0 aliphatic carbocycles. The van der Waals surface area contributed by atoms with Crippen LogP contribution in [-0.2, 0) is 4.79 Å². The van der Waals surface area contributed by atoms with Gasteiger partial charge in [0.2, 0.25) is 0 Å². The highest BCUT2D eigenvalue weighted by Gasteiger charge is 2.49. The van der Waals surface area contributed by atoms with Gasteiger partial charge < -0.3 is 14.4 Å². The molecule has 1 aromatic carbocycles. The molecule has 1 unspecified atom stereocenters. The van der Waals surface area contributed by atoms with Gasteiger partial charge in [0.1, 0.15) is 0 Å². The standard InChI is InChI=1S/C15H15NO3/c1-10(11-5-3-2-4-6-11)16-13(14(17)15(16)18)12-7-8-19-9-12/h2-10,13-14,17H,1H3/t10?,13-,14+/m0/s1. The highest BCUT2D eigenvalue weighted by atomic mass is 16.3. The zero-order chi connectivity index (χ0) is 13.4. The van der Waals surface area contributed by atoms with Crippen molar-refractivity contribution in [3.05, 3.63) is 60.1 Å². The maximum atomic E-state index is 11.9. The number of aliphatic hydroxyl groups excluding tert-OH is 1. The molecule has 0 radical (unpaired) electrons. The molecule has 4 heteroatoms. The largest absolute Gasteiger partial charge is 0.472 e. The van der Waals surface area contributed by atoms with E-state index in [-0.39, 0.29) is 18.0 Å². The number of carbonyl (C=O) groups excluding carboxylic acids is 1. The molecule has 19 heavy (non-hydrogen) atoms. The maximum absolute atomic E-state index is 11.9. The number of likely N-dealkylation sites (tertiary alicyclic amines) is 1. The Kier molecular flexibility index (Phi) is 2.87. The number of nitrogens with zero attached hydrogens (tertiary/aromatic N) is 1. The highest BCUT2D eigenvalue weighted by molar-refractivity contribution is 5.89. The topological polar surface area (TPSA) is 53.7 Å². The number of amides is 1. The van der Waals surface area contributed by atoms with E-state index < -0.39 is 6.10 Å². The van der Waals surface area contributed by atoms with Crippen molar-refractivity contribution in [1.82, 2.24) is 4.90 Å². The molecule has 4 nitrogen and oxygen atoms in total. The van der Waals surface area contributed by atoms with Gasteiger partial charge in [0, 0.05) is 5.56 Å². The Labute approximate surface area is 111 Å². The number of benzene rings is 1. The van der Waals surface area contributed by atoms with E-state index in [4.69, 9.17) is 4.42 Å².